The minimum Gasteiger partial charge on any atom is -0.360 e. The first kappa shape index (κ1) is 7.05. The van der Waals surface area contributed by atoms with Crippen LogP contribution in [0.4, 0.5) is 0 Å². The summed E-state index contributed by atoms with van der Waals surface area (Å²) in [5.41, 5.74) is 0.527. The van der Waals surface area contributed by atoms with Crippen LogP contribution in [-0.2, 0) is 4.94 Å². The lowest BCUT2D eigenvalue weighted by Crippen LogP contribution is -2.31. The van der Waals surface area contributed by atoms with Gasteiger partial charge in [0.15, 0.2) is 5.71 Å². The molecule has 0 atom stereocenters. The zero-order valence-corrected chi connectivity index (χ0v) is 6.29. The van der Waals surface area contributed by atoms with Crippen LogP contribution >= 0.6 is 0 Å². The van der Waals surface area contributed by atoms with E-state index < -0.39 is 0 Å². The molecule has 0 unspecified atom stereocenters. The predicted molar refractivity (Wildman–Crippen MR) is 37.7 cm³/mol. The molecule has 1 aliphatic heterocycles. The average Bonchev–Trinajstić information content (AvgIpc) is 1.78. The van der Waals surface area contributed by atoms with Gasteiger partial charge in [-0.15, -0.1) is 0 Å². The fraction of sp³-hybridized carbons (Fsp3) is 0.667. The van der Waals surface area contributed by atoms with Crippen molar-refractivity contribution in [3.8, 4) is 0 Å². The van der Waals surface area contributed by atoms with Gasteiger partial charge in [0.1, 0.15) is 6.21 Å². The topological polar surface area (TPSA) is 47.7 Å². The maximum atomic E-state index is 10.6. The van der Waals surface area contributed by atoms with Gasteiger partial charge in [-0.05, 0) is 13.8 Å². The predicted octanol–water partition coefficient (Wildman–Crippen LogP) is 0.915. The molecule has 4 nitrogen and oxygen atoms in total. The van der Waals surface area contributed by atoms with Crippen molar-refractivity contribution in [2.24, 2.45) is 10.6 Å². The third kappa shape index (κ3) is 1.10. The van der Waals surface area contributed by atoms with E-state index in [-0.39, 0.29) is 5.41 Å². The van der Waals surface area contributed by atoms with Crippen LogP contribution in [0.5, 0.6) is 0 Å². The molecular weight excluding hydrogens is 132 g/mol. The van der Waals surface area contributed by atoms with Crippen molar-refractivity contribution in [1.82, 2.24) is 0 Å². The van der Waals surface area contributed by atoms with Gasteiger partial charge in [-0.25, -0.2) is 0 Å². The fourth-order valence-electron chi connectivity index (χ4n) is 0.600. The Morgan fingerprint density at radius 3 is 2.70 bits per heavy atom. The molecule has 4 heteroatoms. The maximum absolute atomic E-state index is 10.6. The van der Waals surface area contributed by atoms with Crippen molar-refractivity contribution >= 4 is 11.9 Å². The van der Waals surface area contributed by atoms with Crippen LogP contribution < -0.4 is 0 Å². The number of hydrogen-bond acceptors (Lipinski definition) is 3. The Kier molecular flexibility index (Phi) is 1.39. The summed E-state index contributed by atoms with van der Waals surface area (Å²) in [4.78, 5) is 4.70. The second-order valence-electron chi connectivity index (χ2n) is 2.89. The minimum absolute atomic E-state index is 0.278. The van der Waals surface area contributed by atoms with E-state index in [4.69, 9.17) is 0 Å². The summed E-state index contributed by atoms with van der Waals surface area (Å²) in [5.74, 6) is 0. The van der Waals surface area contributed by atoms with Crippen molar-refractivity contribution in [2.75, 3.05) is 0 Å². The molecule has 0 saturated heterocycles. The van der Waals surface area contributed by atoms with E-state index >= 15 is 0 Å². The monoisotopic (exact) mass is 142 g/mol. The van der Waals surface area contributed by atoms with Gasteiger partial charge in [0.25, 0.3) is 0 Å². The van der Waals surface area contributed by atoms with Crippen LogP contribution in [0.3, 0.4) is 0 Å². The lowest BCUT2D eigenvalue weighted by molar-refractivity contribution is -0.744. The summed E-state index contributed by atoms with van der Waals surface area (Å²) in [5, 5.41) is 14.1. The zero-order valence-electron chi connectivity index (χ0n) is 6.29. The van der Waals surface area contributed by atoms with E-state index in [0.717, 1.165) is 5.71 Å². The van der Waals surface area contributed by atoms with Gasteiger partial charge in [-0.3, -0.25) is 4.94 Å². The van der Waals surface area contributed by atoms with Crippen molar-refractivity contribution in [1.29, 1.82) is 0 Å². The van der Waals surface area contributed by atoms with Crippen LogP contribution in [-0.4, -0.2) is 16.8 Å². The molecule has 0 fully saturated rings. The molecular formula is C6H10N2O2. The molecule has 0 N–H and O–H groups in total. The summed E-state index contributed by atoms with van der Waals surface area (Å²) < 4.78 is 0. The smallest absolute Gasteiger partial charge is 0.162 e. The first-order chi connectivity index (χ1) is 4.52. The molecule has 1 aliphatic rings. The molecule has 0 bridgehead atoms. The van der Waals surface area contributed by atoms with E-state index in [2.05, 4.69) is 10.1 Å². The fourth-order valence-corrected chi connectivity index (χ4v) is 0.600. The zero-order chi connectivity index (χ0) is 7.78. The van der Waals surface area contributed by atoms with Gasteiger partial charge < -0.3 is 5.21 Å². The molecule has 0 aromatic carbocycles. The Bertz CT molecular complexity index is 206. The molecule has 1 heterocycles. The molecule has 0 aromatic rings. The summed E-state index contributed by atoms with van der Waals surface area (Å²) in [6.07, 6.45) is 1.44. The van der Waals surface area contributed by atoms with Crippen LogP contribution in [0.2, 0.25) is 0 Å². The molecule has 0 aromatic heterocycles. The Labute approximate surface area is 59.3 Å². The lowest BCUT2D eigenvalue weighted by Gasteiger charge is -2.19. The summed E-state index contributed by atoms with van der Waals surface area (Å²) >= 11 is 0. The largest absolute Gasteiger partial charge is 0.360 e. The summed E-state index contributed by atoms with van der Waals surface area (Å²) in [6.45, 7) is 5.63. The lowest BCUT2D eigenvalue weighted by atomic mass is 9.90. The second kappa shape index (κ2) is 1.97. The highest BCUT2D eigenvalue weighted by Crippen LogP contribution is 2.17. The van der Waals surface area contributed by atoms with Gasteiger partial charge in [0.05, 0.1) is 5.41 Å². The van der Waals surface area contributed by atoms with Crippen LogP contribution in [0.25, 0.3) is 0 Å². The molecule has 0 aliphatic carbocycles. The molecule has 10 heavy (non-hydrogen) atoms. The van der Waals surface area contributed by atoms with Gasteiger partial charge >= 0.3 is 0 Å². The Morgan fingerprint density at radius 1 is 1.70 bits per heavy atom. The van der Waals surface area contributed by atoms with Crippen LogP contribution in [0, 0.1) is 10.6 Å². The standard InChI is InChI=1S/C6H10N2O2/c1-5-6(2,3)4-8(9)10-7-5/h4H,1-3H3. The van der Waals surface area contributed by atoms with E-state index in [1.165, 1.54) is 6.21 Å². The molecule has 0 spiro atoms. The third-order valence-electron chi connectivity index (χ3n) is 1.62. The number of rotatable bonds is 0. The highest BCUT2D eigenvalue weighted by Gasteiger charge is 2.28. The number of hydrogen-bond donors (Lipinski definition) is 0. The first-order valence-electron chi connectivity index (χ1n) is 3.07. The van der Waals surface area contributed by atoms with E-state index in [1.54, 1.807) is 0 Å². The highest BCUT2D eigenvalue weighted by molar-refractivity contribution is 5.99. The summed E-state index contributed by atoms with van der Waals surface area (Å²) in [6, 6.07) is 0. The highest BCUT2D eigenvalue weighted by atomic mass is 16.9. The Hall–Kier alpha value is -1.06. The van der Waals surface area contributed by atoms with Gasteiger partial charge in [-0.2, -0.15) is 0 Å². The molecule has 56 valence electrons. The first-order valence-corrected chi connectivity index (χ1v) is 3.07. The van der Waals surface area contributed by atoms with Gasteiger partial charge in [0, 0.05) is 12.1 Å². The number of oxime groups is 1. The summed E-state index contributed by atoms with van der Waals surface area (Å²) in [7, 11) is 0. The molecule has 0 radical (unpaired) electrons. The normalized spacial score (nSPS) is 22.7. The molecule has 0 amide bonds. The Balaban J connectivity index is 2.90. The SMILES string of the molecule is CC1=NO[N+]([O-])=CC1(C)C. The van der Waals surface area contributed by atoms with E-state index in [0.29, 0.717) is 4.90 Å². The van der Waals surface area contributed by atoms with Crippen molar-refractivity contribution in [3.63, 3.8) is 0 Å². The minimum atomic E-state index is -0.278. The molecule has 0 saturated carbocycles. The van der Waals surface area contributed by atoms with Crippen LogP contribution in [0.1, 0.15) is 20.8 Å². The molecule has 1 rings (SSSR count). The average molecular weight is 142 g/mol. The quantitative estimate of drug-likeness (QED) is 0.472. The van der Waals surface area contributed by atoms with Crippen LogP contribution in [0.15, 0.2) is 5.16 Å². The van der Waals surface area contributed by atoms with Crippen molar-refractivity contribution in [2.45, 2.75) is 20.8 Å². The second-order valence-corrected chi connectivity index (χ2v) is 2.89. The maximum Gasteiger partial charge on any atom is 0.162 e. The van der Waals surface area contributed by atoms with Crippen molar-refractivity contribution < 1.29 is 9.84 Å². The Morgan fingerprint density at radius 2 is 2.30 bits per heavy atom. The number of nitrogens with zero attached hydrogens (tertiary/aromatic N) is 2. The van der Waals surface area contributed by atoms with Gasteiger partial charge in [-0.1, -0.05) is 4.90 Å². The van der Waals surface area contributed by atoms with E-state index in [9.17, 15) is 5.21 Å². The van der Waals surface area contributed by atoms with Gasteiger partial charge in [0.2, 0.25) is 0 Å². The van der Waals surface area contributed by atoms with Crippen molar-refractivity contribution in [3.05, 3.63) is 5.21 Å². The van der Waals surface area contributed by atoms with E-state index in [1.807, 2.05) is 20.8 Å². The third-order valence-corrected chi connectivity index (χ3v) is 1.62.